The summed E-state index contributed by atoms with van der Waals surface area (Å²) in [6.07, 6.45) is 0. The third-order valence-electron chi connectivity index (χ3n) is 2.53. The van der Waals surface area contributed by atoms with Crippen LogP contribution in [0.5, 0.6) is 0 Å². The number of rotatable bonds is 2. The topological polar surface area (TPSA) is 17.1 Å². The molecular weight excluding hydrogens is 239 g/mol. The van der Waals surface area contributed by atoms with Gasteiger partial charge in [-0.05, 0) is 30.7 Å². The molecule has 2 aromatic carbocycles. The molecule has 0 N–H and O–H groups in total. The van der Waals surface area contributed by atoms with Gasteiger partial charge in [0.25, 0.3) is 0 Å². The van der Waals surface area contributed by atoms with Gasteiger partial charge < -0.3 is 0 Å². The molecule has 86 valence electrons. The number of hydrogen-bond acceptors (Lipinski definition) is 1. The van der Waals surface area contributed by atoms with E-state index in [-0.39, 0.29) is 11.6 Å². The van der Waals surface area contributed by atoms with Gasteiger partial charge in [0.1, 0.15) is 5.82 Å². The number of halogens is 2. The molecule has 0 bridgehead atoms. The van der Waals surface area contributed by atoms with Crippen molar-refractivity contribution < 1.29 is 9.18 Å². The van der Waals surface area contributed by atoms with E-state index >= 15 is 0 Å². The number of carbonyl (C=O) groups is 1. The number of ketones is 1. The van der Waals surface area contributed by atoms with E-state index in [9.17, 15) is 9.18 Å². The molecule has 2 rings (SSSR count). The molecule has 0 spiro atoms. The molecule has 0 aliphatic carbocycles. The lowest BCUT2D eigenvalue weighted by atomic mass is 9.97. The van der Waals surface area contributed by atoms with Crippen molar-refractivity contribution in [2.75, 3.05) is 0 Å². The summed E-state index contributed by atoms with van der Waals surface area (Å²) in [5.74, 6) is -0.431. The highest BCUT2D eigenvalue weighted by atomic mass is 35.5. The zero-order chi connectivity index (χ0) is 12.4. The maximum Gasteiger partial charge on any atom is 0.160 e. The summed E-state index contributed by atoms with van der Waals surface area (Å²) in [5, 5.41) is 0.304. The van der Waals surface area contributed by atoms with Crippen LogP contribution in [0, 0.1) is 5.82 Å². The fourth-order valence-electron chi connectivity index (χ4n) is 1.73. The Morgan fingerprint density at radius 1 is 1.12 bits per heavy atom. The monoisotopic (exact) mass is 248 g/mol. The molecule has 0 fully saturated rings. The predicted octanol–water partition coefficient (Wildman–Crippen LogP) is 4.35. The van der Waals surface area contributed by atoms with Crippen LogP contribution in [-0.4, -0.2) is 5.78 Å². The SMILES string of the molecule is CC(=O)c1ccccc1-c1ccc(F)cc1Cl. The lowest BCUT2D eigenvalue weighted by molar-refractivity contribution is 0.101. The van der Waals surface area contributed by atoms with E-state index in [1.54, 1.807) is 24.3 Å². The molecule has 2 aromatic rings. The number of benzene rings is 2. The van der Waals surface area contributed by atoms with Crippen molar-refractivity contribution in [1.82, 2.24) is 0 Å². The van der Waals surface area contributed by atoms with Gasteiger partial charge in [-0.1, -0.05) is 35.9 Å². The van der Waals surface area contributed by atoms with Crippen molar-refractivity contribution >= 4 is 17.4 Å². The van der Waals surface area contributed by atoms with Gasteiger partial charge in [0, 0.05) is 11.1 Å². The third-order valence-corrected chi connectivity index (χ3v) is 2.84. The highest BCUT2D eigenvalue weighted by molar-refractivity contribution is 6.33. The Bertz CT molecular complexity index is 578. The normalized spacial score (nSPS) is 10.3. The zero-order valence-corrected chi connectivity index (χ0v) is 9.96. The maximum atomic E-state index is 13.0. The molecule has 0 atom stereocenters. The van der Waals surface area contributed by atoms with Crippen LogP contribution < -0.4 is 0 Å². The number of Topliss-reactive ketones (excluding diaryl/α,β-unsaturated/α-hetero) is 1. The van der Waals surface area contributed by atoms with Gasteiger partial charge >= 0.3 is 0 Å². The molecule has 3 heteroatoms. The largest absolute Gasteiger partial charge is 0.294 e. The lowest BCUT2D eigenvalue weighted by Crippen LogP contribution is -1.96. The molecule has 17 heavy (non-hydrogen) atoms. The Morgan fingerprint density at radius 3 is 2.47 bits per heavy atom. The maximum absolute atomic E-state index is 13.0. The van der Waals surface area contributed by atoms with Crippen molar-refractivity contribution in [3.8, 4) is 11.1 Å². The van der Waals surface area contributed by atoms with Crippen molar-refractivity contribution in [2.45, 2.75) is 6.92 Å². The van der Waals surface area contributed by atoms with Crippen LogP contribution in [0.25, 0.3) is 11.1 Å². The molecule has 0 radical (unpaired) electrons. The van der Waals surface area contributed by atoms with Crippen molar-refractivity contribution in [1.29, 1.82) is 0 Å². The number of hydrogen-bond donors (Lipinski definition) is 0. The molecule has 0 saturated carbocycles. The van der Waals surface area contributed by atoms with E-state index in [0.29, 0.717) is 16.1 Å². The highest BCUT2D eigenvalue weighted by Gasteiger charge is 2.11. The van der Waals surface area contributed by atoms with Crippen LogP contribution in [0.3, 0.4) is 0 Å². The molecule has 0 saturated heterocycles. The third kappa shape index (κ3) is 2.37. The van der Waals surface area contributed by atoms with Gasteiger partial charge in [-0.2, -0.15) is 0 Å². The van der Waals surface area contributed by atoms with Gasteiger partial charge in [-0.25, -0.2) is 4.39 Å². The predicted molar refractivity (Wildman–Crippen MR) is 66.9 cm³/mol. The molecule has 0 heterocycles. The Kier molecular flexibility index (Phi) is 3.25. The molecule has 0 unspecified atom stereocenters. The van der Waals surface area contributed by atoms with E-state index in [0.717, 1.165) is 5.56 Å². The fourth-order valence-corrected chi connectivity index (χ4v) is 2.00. The van der Waals surface area contributed by atoms with Crippen LogP contribution in [0.1, 0.15) is 17.3 Å². The van der Waals surface area contributed by atoms with E-state index in [1.165, 1.54) is 19.1 Å². The molecule has 1 nitrogen and oxygen atoms in total. The van der Waals surface area contributed by atoms with Crippen LogP contribution in [0.15, 0.2) is 42.5 Å². The first-order chi connectivity index (χ1) is 8.09. The smallest absolute Gasteiger partial charge is 0.160 e. The van der Waals surface area contributed by atoms with E-state index < -0.39 is 0 Å². The second kappa shape index (κ2) is 4.68. The first kappa shape index (κ1) is 11.8. The summed E-state index contributed by atoms with van der Waals surface area (Å²) in [4.78, 5) is 11.5. The molecule has 0 aliphatic heterocycles. The summed E-state index contributed by atoms with van der Waals surface area (Å²) >= 11 is 5.99. The summed E-state index contributed by atoms with van der Waals surface area (Å²) in [6, 6.07) is 11.3. The Labute approximate surface area is 104 Å². The quantitative estimate of drug-likeness (QED) is 0.722. The Balaban J connectivity index is 2.64. The molecule has 0 aromatic heterocycles. The minimum Gasteiger partial charge on any atom is -0.294 e. The van der Waals surface area contributed by atoms with E-state index in [4.69, 9.17) is 11.6 Å². The van der Waals surface area contributed by atoms with Crippen molar-refractivity contribution in [3.63, 3.8) is 0 Å². The number of carbonyl (C=O) groups excluding carboxylic acids is 1. The first-order valence-corrected chi connectivity index (χ1v) is 5.53. The van der Waals surface area contributed by atoms with E-state index in [1.807, 2.05) is 6.07 Å². The minimum atomic E-state index is -0.390. The second-order valence-corrected chi connectivity index (χ2v) is 4.13. The summed E-state index contributed by atoms with van der Waals surface area (Å²) in [7, 11) is 0. The second-order valence-electron chi connectivity index (χ2n) is 3.73. The Hall–Kier alpha value is -1.67. The first-order valence-electron chi connectivity index (χ1n) is 5.15. The van der Waals surface area contributed by atoms with Gasteiger partial charge in [0.05, 0.1) is 5.02 Å². The average molecular weight is 249 g/mol. The van der Waals surface area contributed by atoms with Gasteiger partial charge in [-0.3, -0.25) is 4.79 Å². The Morgan fingerprint density at radius 2 is 1.82 bits per heavy atom. The summed E-state index contributed by atoms with van der Waals surface area (Å²) in [5.41, 5.74) is 1.98. The van der Waals surface area contributed by atoms with E-state index in [2.05, 4.69) is 0 Å². The van der Waals surface area contributed by atoms with Crippen molar-refractivity contribution in [2.24, 2.45) is 0 Å². The molecular formula is C14H10ClFO. The van der Waals surface area contributed by atoms with Crippen LogP contribution in [0.2, 0.25) is 5.02 Å². The minimum absolute atomic E-state index is 0.0407. The highest BCUT2D eigenvalue weighted by Crippen LogP contribution is 2.31. The van der Waals surface area contributed by atoms with Gasteiger partial charge in [0.2, 0.25) is 0 Å². The van der Waals surface area contributed by atoms with Crippen LogP contribution >= 0.6 is 11.6 Å². The summed E-state index contributed by atoms with van der Waals surface area (Å²) < 4.78 is 13.0. The average Bonchev–Trinajstić information content (AvgIpc) is 2.29. The lowest BCUT2D eigenvalue weighted by Gasteiger charge is -2.08. The van der Waals surface area contributed by atoms with Crippen molar-refractivity contribution in [3.05, 3.63) is 58.9 Å². The zero-order valence-electron chi connectivity index (χ0n) is 9.21. The standard InChI is InChI=1S/C14H10ClFO/c1-9(17)11-4-2-3-5-12(11)13-7-6-10(16)8-14(13)15/h2-8H,1H3. The van der Waals surface area contributed by atoms with Crippen LogP contribution in [0.4, 0.5) is 4.39 Å². The summed E-state index contributed by atoms with van der Waals surface area (Å²) in [6.45, 7) is 1.50. The molecule has 0 aliphatic rings. The van der Waals surface area contributed by atoms with Crippen LogP contribution in [-0.2, 0) is 0 Å². The van der Waals surface area contributed by atoms with Gasteiger partial charge in [-0.15, -0.1) is 0 Å². The molecule has 0 amide bonds. The fraction of sp³-hybridized carbons (Fsp3) is 0.0714. The van der Waals surface area contributed by atoms with Gasteiger partial charge in [0.15, 0.2) is 5.78 Å².